The average molecular weight is 198 g/mol. The molecule has 0 aliphatic heterocycles. The molecule has 2 aromatic rings. The molecule has 2 rings (SSSR count). The molecular weight excluding hydrogens is 188 g/mol. The zero-order chi connectivity index (χ0) is 10.3. The molecule has 0 unspecified atom stereocenters. The van der Waals surface area contributed by atoms with E-state index in [9.17, 15) is 0 Å². The molecule has 1 aromatic carbocycles. The lowest BCUT2D eigenvalue weighted by Gasteiger charge is -1.88. The van der Waals surface area contributed by atoms with Crippen molar-refractivity contribution in [3.63, 3.8) is 0 Å². The molecule has 4 nitrogen and oxygen atoms in total. The van der Waals surface area contributed by atoms with E-state index in [2.05, 4.69) is 15.3 Å². The smallest absolute Gasteiger partial charge is 0.141 e. The first-order valence-corrected chi connectivity index (χ1v) is 4.56. The van der Waals surface area contributed by atoms with Crippen LogP contribution in [-0.2, 0) is 0 Å². The molecule has 0 amide bonds. The van der Waals surface area contributed by atoms with Crippen molar-refractivity contribution < 1.29 is 0 Å². The van der Waals surface area contributed by atoms with Gasteiger partial charge in [0.15, 0.2) is 0 Å². The van der Waals surface area contributed by atoms with Gasteiger partial charge in [-0.05, 0) is 11.6 Å². The number of hydrogen-bond acceptors (Lipinski definition) is 3. The Balaban J connectivity index is 1.96. The maximum Gasteiger partial charge on any atom is 0.141 e. The Morgan fingerprint density at radius 1 is 1.07 bits per heavy atom. The lowest BCUT2D eigenvalue weighted by molar-refractivity contribution is 0.879. The fourth-order valence-corrected chi connectivity index (χ4v) is 1.09. The van der Waals surface area contributed by atoms with E-state index < -0.39 is 0 Å². The molecule has 0 spiro atoms. The summed E-state index contributed by atoms with van der Waals surface area (Å²) in [4.78, 5) is 0. The van der Waals surface area contributed by atoms with Crippen molar-refractivity contribution in [1.82, 2.24) is 14.9 Å². The quantitative estimate of drug-likeness (QED) is 0.706. The van der Waals surface area contributed by atoms with E-state index in [1.807, 2.05) is 42.5 Å². The highest BCUT2D eigenvalue weighted by Gasteiger charge is 1.81. The van der Waals surface area contributed by atoms with Crippen LogP contribution in [0.25, 0.3) is 6.08 Å². The molecule has 0 fully saturated rings. The number of hydrogen-bond donors (Lipinski definition) is 0. The van der Waals surface area contributed by atoms with Crippen LogP contribution >= 0.6 is 0 Å². The summed E-state index contributed by atoms with van der Waals surface area (Å²) < 4.78 is 1.54. The first-order valence-electron chi connectivity index (χ1n) is 4.56. The van der Waals surface area contributed by atoms with Gasteiger partial charge in [0.05, 0.1) is 0 Å². The monoisotopic (exact) mass is 198 g/mol. The second-order valence-corrected chi connectivity index (χ2v) is 2.88. The lowest BCUT2D eigenvalue weighted by atomic mass is 10.2. The molecule has 1 heterocycles. The van der Waals surface area contributed by atoms with Crippen molar-refractivity contribution in [2.75, 3.05) is 0 Å². The highest BCUT2D eigenvalue weighted by molar-refractivity contribution is 5.78. The van der Waals surface area contributed by atoms with Crippen molar-refractivity contribution in [2.24, 2.45) is 5.10 Å². The minimum Gasteiger partial charge on any atom is -0.208 e. The SMILES string of the molecule is C(=C\c1ccccc1)/C=N/n1cnnc1. The Labute approximate surface area is 87.6 Å². The van der Waals surface area contributed by atoms with Gasteiger partial charge in [-0.2, -0.15) is 5.10 Å². The van der Waals surface area contributed by atoms with Gasteiger partial charge in [-0.3, -0.25) is 0 Å². The second-order valence-electron chi connectivity index (χ2n) is 2.88. The Morgan fingerprint density at radius 2 is 1.80 bits per heavy atom. The zero-order valence-electron chi connectivity index (χ0n) is 8.06. The number of allylic oxidation sites excluding steroid dienone is 1. The molecule has 0 atom stereocenters. The van der Waals surface area contributed by atoms with Crippen molar-refractivity contribution in [1.29, 1.82) is 0 Å². The predicted molar refractivity (Wildman–Crippen MR) is 59.4 cm³/mol. The molecule has 0 bridgehead atoms. The number of rotatable bonds is 3. The maximum absolute atomic E-state index is 4.06. The van der Waals surface area contributed by atoms with Gasteiger partial charge in [0.1, 0.15) is 12.7 Å². The third-order valence-corrected chi connectivity index (χ3v) is 1.78. The third kappa shape index (κ3) is 2.87. The molecule has 4 heteroatoms. The lowest BCUT2D eigenvalue weighted by Crippen LogP contribution is -1.81. The summed E-state index contributed by atoms with van der Waals surface area (Å²) in [7, 11) is 0. The van der Waals surface area contributed by atoms with Gasteiger partial charge in [0.2, 0.25) is 0 Å². The first-order chi connectivity index (χ1) is 7.45. The van der Waals surface area contributed by atoms with E-state index in [-0.39, 0.29) is 0 Å². The van der Waals surface area contributed by atoms with E-state index in [1.54, 1.807) is 6.21 Å². The highest BCUT2D eigenvalue weighted by atomic mass is 15.4. The van der Waals surface area contributed by atoms with Crippen LogP contribution in [0.15, 0.2) is 54.2 Å². The number of benzene rings is 1. The van der Waals surface area contributed by atoms with Gasteiger partial charge in [-0.15, -0.1) is 10.2 Å². The normalized spacial score (nSPS) is 11.5. The predicted octanol–water partition coefficient (Wildman–Crippen LogP) is 1.83. The zero-order valence-corrected chi connectivity index (χ0v) is 8.06. The Hall–Kier alpha value is -2.23. The average Bonchev–Trinajstić information content (AvgIpc) is 2.79. The van der Waals surface area contributed by atoms with E-state index in [0.29, 0.717) is 0 Å². The minimum absolute atomic E-state index is 1.15. The number of nitrogens with zero attached hydrogens (tertiary/aromatic N) is 4. The standard InChI is InChI=1S/C11H10N4/c1-2-5-11(6-3-1)7-4-8-14-15-9-12-13-10-15/h1-10H/b7-4+,14-8+. The molecule has 0 N–H and O–H groups in total. The number of aromatic nitrogens is 3. The van der Waals surface area contributed by atoms with E-state index >= 15 is 0 Å². The van der Waals surface area contributed by atoms with Crippen molar-refractivity contribution in [3.8, 4) is 0 Å². The van der Waals surface area contributed by atoms with Crippen LogP contribution in [0.3, 0.4) is 0 Å². The van der Waals surface area contributed by atoms with Gasteiger partial charge in [-0.25, -0.2) is 4.68 Å². The molecule has 0 aliphatic carbocycles. The summed E-state index contributed by atoms with van der Waals surface area (Å²) in [6.07, 6.45) is 8.61. The summed E-state index contributed by atoms with van der Waals surface area (Å²) in [5.41, 5.74) is 1.15. The molecule has 0 saturated carbocycles. The molecule has 0 radical (unpaired) electrons. The molecule has 74 valence electrons. The summed E-state index contributed by atoms with van der Waals surface area (Å²) in [6, 6.07) is 10.0. The summed E-state index contributed by atoms with van der Waals surface area (Å²) >= 11 is 0. The summed E-state index contributed by atoms with van der Waals surface area (Å²) in [6.45, 7) is 0. The van der Waals surface area contributed by atoms with Gasteiger partial charge in [-0.1, -0.05) is 36.4 Å². The van der Waals surface area contributed by atoms with Crippen LogP contribution in [-0.4, -0.2) is 21.1 Å². The van der Waals surface area contributed by atoms with Gasteiger partial charge < -0.3 is 0 Å². The van der Waals surface area contributed by atoms with E-state index in [1.165, 1.54) is 17.3 Å². The first kappa shape index (κ1) is 9.33. The topological polar surface area (TPSA) is 43.1 Å². The fourth-order valence-electron chi connectivity index (χ4n) is 1.09. The molecule has 15 heavy (non-hydrogen) atoms. The molecular formula is C11H10N4. The molecule has 0 aliphatic rings. The maximum atomic E-state index is 4.06. The van der Waals surface area contributed by atoms with Crippen LogP contribution in [0.4, 0.5) is 0 Å². The van der Waals surface area contributed by atoms with Crippen LogP contribution in [0, 0.1) is 0 Å². The van der Waals surface area contributed by atoms with Gasteiger partial charge >= 0.3 is 0 Å². The van der Waals surface area contributed by atoms with Gasteiger partial charge in [0, 0.05) is 6.21 Å². The van der Waals surface area contributed by atoms with Crippen LogP contribution in [0.1, 0.15) is 5.56 Å². The third-order valence-electron chi connectivity index (χ3n) is 1.78. The van der Waals surface area contributed by atoms with Crippen molar-refractivity contribution >= 4 is 12.3 Å². The van der Waals surface area contributed by atoms with Crippen molar-refractivity contribution in [3.05, 3.63) is 54.6 Å². The largest absolute Gasteiger partial charge is 0.208 e. The molecule has 0 saturated heterocycles. The Morgan fingerprint density at radius 3 is 2.53 bits per heavy atom. The van der Waals surface area contributed by atoms with Crippen molar-refractivity contribution in [2.45, 2.75) is 0 Å². The van der Waals surface area contributed by atoms with Crippen LogP contribution in [0.5, 0.6) is 0 Å². The van der Waals surface area contributed by atoms with Crippen LogP contribution < -0.4 is 0 Å². The van der Waals surface area contributed by atoms with Crippen LogP contribution in [0.2, 0.25) is 0 Å². The molecule has 1 aromatic heterocycles. The van der Waals surface area contributed by atoms with Gasteiger partial charge in [0.25, 0.3) is 0 Å². The second kappa shape index (κ2) is 4.85. The summed E-state index contributed by atoms with van der Waals surface area (Å²) in [5.74, 6) is 0. The highest BCUT2D eigenvalue weighted by Crippen LogP contribution is 1.99. The minimum atomic E-state index is 1.15. The Bertz CT molecular complexity index is 443. The summed E-state index contributed by atoms with van der Waals surface area (Å²) in [5, 5.41) is 11.3. The fraction of sp³-hybridized carbons (Fsp3) is 0. The van der Waals surface area contributed by atoms with E-state index in [0.717, 1.165) is 5.56 Å². The Kier molecular flexibility index (Phi) is 3.02. The van der Waals surface area contributed by atoms with E-state index in [4.69, 9.17) is 0 Å².